The van der Waals surface area contributed by atoms with Crippen LogP contribution >= 0.6 is 11.3 Å². The fourth-order valence-electron chi connectivity index (χ4n) is 3.31. The highest BCUT2D eigenvalue weighted by Crippen LogP contribution is 2.43. The number of carbonyl (C=O) groups is 1. The summed E-state index contributed by atoms with van der Waals surface area (Å²) in [7, 11) is 0. The Bertz CT molecular complexity index is 647. The summed E-state index contributed by atoms with van der Waals surface area (Å²) in [4.78, 5) is 28.9. The van der Waals surface area contributed by atoms with Crippen LogP contribution in [0.5, 0.6) is 0 Å². The zero-order chi connectivity index (χ0) is 14.3. The van der Waals surface area contributed by atoms with E-state index in [0.717, 1.165) is 36.9 Å². The van der Waals surface area contributed by atoms with Crippen molar-refractivity contribution in [2.75, 3.05) is 29.4 Å². The minimum absolute atomic E-state index is 0.0403. The van der Waals surface area contributed by atoms with Gasteiger partial charge < -0.3 is 9.80 Å². The molecule has 6 nitrogen and oxygen atoms in total. The number of hydrogen-bond donors (Lipinski definition) is 0. The number of rotatable bonds is 2. The van der Waals surface area contributed by atoms with Gasteiger partial charge in [0.05, 0.1) is 18.1 Å². The van der Waals surface area contributed by atoms with Crippen LogP contribution < -0.4 is 9.80 Å². The van der Waals surface area contributed by atoms with Gasteiger partial charge in [-0.15, -0.1) is 11.3 Å². The highest BCUT2D eigenvalue weighted by molar-refractivity contribution is 7.13. The maximum atomic E-state index is 12.4. The van der Waals surface area contributed by atoms with Crippen LogP contribution in [0.15, 0.2) is 30.3 Å². The lowest BCUT2D eigenvalue weighted by atomic mass is 9.86. The summed E-state index contributed by atoms with van der Waals surface area (Å²) >= 11 is 1.66. The number of anilines is 2. The van der Waals surface area contributed by atoms with E-state index in [1.165, 1.54) is 6.33 Å². The minimum Gasteiger partial charge on any atom is -0.347 e. The molecule has 21 heavy (non-hydrogen) atoms. The summed E-state index contributed by atoms with van der Waals surface area (Å²) in [6, 6.07) is 0. The summed E-state index contributed by atoms with van der Waals surface area (Å²) in [5.41, 5.74) is 0.838. The zero-order valence-corrected chi connectivity index (χ0v) is 12.3. The first kappa shape index (κ1) is 12.7. The maximum absolute atomic E-state index is 12.4. The topological polar surface area (TPSA) is 62.2 Å². The van der Waals surface area contributed by atoms with Crippen LogP contribution in [0.1, 0.15) is 12.8 Å². The lowest BCUT2D eigenvalue weighted by Crippen LogP contribution is -2.31. The molecule has 1 spiro atoms. The van der Waals surface area contributed by atoms with E-state index in [4.69, 9.17) is 0 Å². The van der Waals surface area contributed by atoms with E-state index >= 15 is 0 Å². The van der Waals surface area contributed by atoms with Gasteiger partial charge in [0, 0.05) is 43.0 Å². The second-order valence-corrected chi connectivity index (χ2v) is 6.61. The Balaban J connectivity index is 1.54. The fraction of sp³-hybridized carbons (Fsp3) is 0.429. The smallest absolute Gasteiger partial charge is 0.227 e. The quantitative estimate of drug-likeness (QED) is 0.842. The Hall–Kier alpha value is -2.02. The lowest BCUT2D eigenvalue weighted by Gasteiger charge is -2.23. The summed E-state index contributed by atoms with van der Waals surface area (Å²) in [5.74, 6) is 0.172. The van der Waals surface area contributed by atoms with Crippen molar-refractivity contribution >= 4 is 28.1 Å². The van der Waals surface area contributed by atoms with Gasteiger partial charge in [0.2, 0.25) is 5.91 Å². The number of thiazole rings is 1. The first-order chi connectivity index (χ1) is 10.3. The first-order valence-electron chi connectivity index (χ1n) is 6.96. The molecule has 1 atom stereocenters. The maximum Gasteiger partial charge on any atom is 0.227 e. The van der Waals surface area contributed by atoms with E-state index < -0.39 is 0 Å². The van der Waals surface area contributed by atoms with Crippen LogP contribution in [0.3, 0.4) is 0 Å². The van der Waals surface area contributed by atoms with Crippen LogP contribution in [0.25, 0.3) is 0 Å². The van der Waals surface area contributed by atoms with Gasteiger partial charge in [-0.05, 0) is 6.42 Å². The Morgan fingerprint density at radius 2 is 2.10 bits per heavy atom. The molecule has 0 aromatic carbocycles. The second-order valence-electron chi connectivity index (χ2n) is 5.74. The average molecular weight is 301 g/mol. The van der Waals surface area contributed by atoms with Crippen molar-refractivity contribution < 1.29 is 4.79 Å². The Kier molecular flexibility index (Phi) is 2.88. The number of aromatic nitrogens is 3. The predicted octanol–water partition coefficient (Wildman–Crippen LogP) is 1.57. The zero-order valence-electron chi connectivity index (χ0n) is 11.5. The van der Waals surface area contributed by atoms with E-state index in [9.17, 15) is 4.79 Å². The van der Waals surface area contributed by atoms with Crippen LogP contribution in [0, 0.1) is 5.41 Å². The molecule has 7 heteroatoms. The molecule has 2 aliphatic heterocycles. The third-order valence-electron chi connectivity index (χ3n) is 4.31. The van der Waals surface area contributed by atoms with Crippen LogP contribution in [0.2, 0.25) is 0 Å². The molecule has 4 rings (SSSR count). The normalized spacial score (nSPS) is 25.2. The summed E-state index contributed by atoms with van der Waals surface area (Å²) in [6.45, 7) is 2.62. The van der Waals surface area contributed by atoms with Gasteiger partial charge in [-0.2, -0.15) is 0 Å². The van der Waals surface area contributed by atoms with E-state index in [1.807, 2.05) is 16.5 Å². The highest BCUT2D eigenvalue weighted by atomic mass is 32.1. The van der Waals surface area contributed by atoms with Gasteiger partial charge in [0.25, 0.3) is 0 Å². The number of carbonyl (C=O) groups excluding carboxylic acids is 1. The molecule has 0 bridgehead atoms. The van der Waals surface area contributed by atoms with Gasteiger partial charge in [-0.1, -0.05) is 0 Å². The van der Waals surface area contributed by atoms with Crippen molar-refractivity contribution in [1.29, 1.82) is 0 Å². The summed E-state index contributed by atoms with van der Waals surface area (Å²) in [6.07, 6.45) is 8.36. The molecular weight excluding hydrogens is 286 g/mol. The van der Waals surface area contributed by atoms with Gasteiger partial charge in [0.1, 0.15) is 6.33 Å². The lowest BCUT2D eigenvalue weighted by molar-refractivity contribution is -0.117. The third-order valence-corrected chi connectivity index (χ3v) is 5.14. The standard InChI is InChI=1S/C14H15N5OS/c20-12-5-14(9-19(12)11-6-15-10-16-7-11)1-3-18(8-14)13-17-2-4-21-13/h2,4,6-7,10H,1,3,5,8-9H2/t14-/m1/s1. The molecule has 0 unspecified atom stereocenters. The average Bonchev–Trinajstić information content (AvgIpc) is 3.21. The number of amides is 1. The van der Waals surface area contributed by atoms with Crippen molar-refractivity contribution in [2.24, 2.45) is 5.41 Å². The number of hydrogen-bond acceptors (Lipinski definition) is 6. The number of nitrogens with zero attached hydrogens (tertiary/aromatic N) is 5. The summed E-state index contributed by atoms with van der Waals surface area (Å²) in [5, 5.41) is 3.05. The molecule has 0 aliphatic carbocycles. The monoisotopic (exact) mass is 301 g/mol. The predicted molar refractivity (Wildman–Crippen MR) is 80.4 cm³/mol. The second kappa shape index (κ2) is 4.77. The molecule has 2 aromatic heterocycles. The molecule has 2 aromatic rings. The van der Waals surface area contributed by atoms with Crippen LogP contribution in [0.4, 0.5) is 10.8 Å². The largest absolute Gasteiger partial charge is 0.347 e. The Morgan fingerprint density at radius 3 is 2.86 bits per heavy atom. The van der Waals surface area contributed by atoms with Crippen molar-refractivity contribution in [3.8, 4) is 0 Å². The SMILES string of the molecule is O=C1C[C@@]2(CCN(c3nccs3)C2)CN1c1cncnc1. The molecule has 0 radical (unpaired) electrons. The molecule has 0 N–H and O–H groups in total. The Morgan fingerprint density at radius 1 is 1.24 bits per heavy atom. The highest BCUT2D eigenvalue weighted by Gasteiger charge is 2.48. The van der Waals surface area contributed by atoms with Gasteiger partial charge >= 0.3 is 0 Å². The summed E-state index contributed by atoms with van der Waals surface area (Å²) < 4.78 is 0. The molecule has 4 heterocycles. The first-order valence-corrected chi connectivity index (χ1v) is 7.84. The van der Waals surface area contributed by atoms with E-state index in [0.29, 0.717) is 6.42 Å². The molecule has 2 aliphatic rings. The fourth-order valence-corrected chi connectivity index (χ4v) is 3.98. The van der Waals surface area contributed by atoms with Crippen LogP contribution in [-0.2, 0) is 4.79 Å². The van der Waals surface area contributed by atoms with Crippen molar-refractivity contribution in [3.05, 3.63) is 30.3 Å². The van der Waals surface area contributed by atoms with E-state index in [2.05, 4.69) is 19.9 Å². The molecule has 1 amide bonds. The molecule has 2 saturated heterocycles. The van der Waals surface area contributed by atoms with Crippen molar-refractivity contribution in [1.82, 2.24) is 15.0 Å². The van der Waals surface area contributed by atoms with Crippen molar-refractivity contribution in [3.63, 3.8) is 0 Å². The Labute approximate surface area is 126 Å². The third kappa shape index (κ3) is 2.17. The van der Waals surface area contributed by atoms with Crippen molar-refractivity contribution in [2.45, 2.75) is 12.8 Å². The van der Waals surface area contributed by atoms with Gasteiger partial charge in [0.15, 0.2) is 5.13 Å². The van der Waals surface area contributed by atoms with E-state index in [-0.39, 0.29) is 11.3 Å². The molecule has 2 fully saturated rings. The minimum atomic E-state index is 0.0403. The van der Waals surface area contributed by atoms with Gasteiger partial charge in [-0.25, -0.2) is 15.0 Å². The van der Waals surface area contributed by atoms with Gasteiger partial charge in [-0.3, -0.25) is 4.79 Å². The molecular formula is C14H15N5OS. The molecule has 108 valence electrons. The molecule has 0 saturated carbocycles. The van der Waals surface area contributed by atoms with Crippen LogP contribution in [-0.4, -0.2) is 40.5 Å². The van der Waals surface area contributed by atoms with E-state index in [1.54, 1.807) is 23.7 Å².